The number of aromatic nitrogens is 1. The number of rotatable bonds is 3. The Morgan fingerprint density at radius 1 is 1.14 bits per heavy atom. The standard InChI is InChI=1S/C21H23FN4O2/c1-14-3-6-19-18(11-14)24-20(28-19)13-25-7-9-26(10-8-25)21(27)23-16-5-4-15(2)17(22)12-16/h3-6,11-12H,7-10,13H2,1-2H3,(H,23,27). The smallest absolute Gasteiger partial charge is 0.321 e. The summed E-state index contributed by atoms with van der Waals surface area (Å²) in [5.74, 6) is 0.366. The second-order valence-corrected chi connectivity index (χ2v) is 7.24. The number of aryl methyl sites for hydroxylation is 2. The molecule has 7 heteroatoms. The van der Waals surface area contributed by atoms with Gasteiger partial charge in [0.2, 0.25) is 5.89 Å². The van der Waals surface area contributed by atoms with E-state index >= 15 is 0 Å². The lowest BCUT2D eigenvalue weighted by Crippen LogP contribution is -2.49. The molecule has 1 aromatic heterocycles. The van der Waals surface area contributed by atoms with Crippen LogP contribution in [0.1, 0.15) is 17.0 Å². The number of urea groups is 1. The summed E-state index contributed by atoms with van der Waals surface area (Å²) in [7, 11) is 0. The molecule has 2 heterocycles. The third kappa shape index (κ3) is 3.99. The fourth-order valence-corrected chi connectivity index (χ4v) is 3.33. The van der Waals surface area contributed by atoms with E-state index in [4.69, 9.17) is 4.42 Å². The number of nitrogens with one attached hydrogen (secondary N) is 1. The zero-order valence-corrected chi connectivity index (χ0v) is 16.0. The minimum absolute atomic E-state index is 0.208. The SMILES string of the molecule is Cc1ccc2oc(CN3CCN(C(=O)Nc4ccc(C)c(F)c4)CC3)nc2c1. The van der Waals surface area contributed by atoms with Crippen LogP contribution in [-0.4, -0.2) is 47.0 Å². The number of benzene rings is 2. The van der Waals surface area contributed by atoms with E-state index in [0.29, 0.717) is 36.8 Å². The van der Waals surface area contributed by atoms with Crippen LogP contribution in [0.3, 0.4) is 0 Å². The molecule has 2 amide bonds. The number of oxazole rings is 1. The van der Waals surface area contributed by atoms with Crippen molar-refractivity contribution in [1.29, 1.82) is 0 Å². The molecular formula is C21H23FN4O2. The Labute approximate surface area is 162 Å². The van der Waals surface area contributed by atoms with Gasteiger partial charge in [-0.15, -0.1) is 0 Å². The van der Waals surface area contributed by atoms with Crippen molar-refractivity contribution in [2.24, 2.45) is 0 Å². The lowest BCUT2D eigenvalue weighted by molar-refractivity contribution is 0.136. The fourth-order valence-electron chi connectivity index (χ4n) is 3.33. The zero-order valence-electron chi connectivity index (χ0n) is 16.0. The maximum absolute atomic E-state index is 13.6. The number of carbonyl (C=O) groups is 1. The first-order valence-electron chi connectivity index (χ1n) is 9.38. The molecule has 0 unspecified atom stereocenters. The highest BCUT2D eigenvalue weighted by Crippen LogP contribution is 2.19. The van der Waals surface area contributed by atoms with E-state index in [-0.39, 0.29) is 11.8 Å². The lowest BCUT2D eigenvalue weighted by atomic mass is 10.2. The maximum atomic E-state index is 13.6. The van der Waals surface area contributed by atoms with Gasteiger partial charge in [-0.3, -0.25) is 4.90 Å². The molecule has 4 rings (SSSR count). The third-order valence-electron chi connectivity index (χ3n) is 5.03. The quantitative estimate of drug-likeness (QED) is 0.746. The van der Waals surface area contributed by atoms with E-state index in [1.54, 1.807) is 24.0 Å². The Bertz CT molecular complexity index is 1010. The van der Waals surface area contributed by atoms with E-state index in [1.807, 2.05) is 25.1 Å². The van der Waals surface area contributed by atoms with E-state index < -0.39 is 0 Å². The summed E-state index contributed by atoms with van der Waals surface area (Å²) in [5.41, 5.74) is 3.85. The van der Waals surface area contributed by atoms with Crippen molar-refractivity contribution < 1.29 is 13.6 Å². The fraction of sp³-hybridized carbons (Fsp3) is 0.333. The molecule has 1 fully saturated rings. The molecule has 28 heavy (non-hydrogen) atoms. The molecule has 2 aromatic carbocycles. The van der Waals surface area contributed by atoms with Crippen molar-refractivity contribution in [3.05, 3.63) is 59.2 Å². The zero-order chi connectivity index (χ0) is 19.7. The summed E-state index contributed by atoms with van der Waals surface area (Å²) < 4.78 is 19.5. The molecule has 1 saturated heterocycles. The highest BCUT2D eigenvalue weighted by molar-refractivity contribution is 5.89. The van der Waals surface area contributed by atoms with Gasteiger partial charge in [-0.05, 0) is 49.2 Å². The van der Waals surface area contributed by atoms with Crippen molar-refractivity contribution in [2.45, 2.75) is 20.4 Å². The number of carbonyl (C=O) groups excluding carboxylic acids is 1. The van der Waals surface area contributed by atoms with E-state index in [2.05, 4.69) is 15.2 Å². The van der Waals surface area contributed by atoms with Gasteiger partial charge < -0.3 is 14.6 Å². The Hall–Kier alpha value is -2.93. The second-order valence-electron chi connectivity index (χ2n) is 7.24. The molecule has 146 valence electrons. The molecule has 1 aliphatic heterocycles. The molecule has 3 aromatic rings. The number of piperazine rings is 1. The molecule has 0 radical (unpaired) electrons. The highest BCUT2D eigenvalue weighted by Gasteiger charge is 2.22. The predicted octanol–water partition coefficient (Wildman–Crippen LogP) is 3.93. The minimum Gasteiger partial charge on any atom is -0.439 e. The molecule has 0 atom stereocenters. The number of halogens is 1. The Kier molecular flexibility index (Phi) is 5.00. The van der Waals surface area contributed by atoms with Crippen molar-refractivity contribution in [1.82, 2.24) is 14.8 Å². The van der Waals surface area contributed by atoms with Gasteiger partial charge in [-0.25, -0.2) is 14.2 Å². The van der Waals surface area contributed by atoms with Gasteiger partial charge in [0.05, 0.1) is 6.54 Å². The Morgan fingerprint density at radius 3 is 2.68 bits per heavy atom. The van der Waals surface area contributed by atoms with Crippen molar-refractivity contribution in [3.63, 3.8) is 0 Å². The summed E-state index contributed by atoms with van der Waals surface area (Å²) in [6, 6.07) is 10.5. The van der Waals surface area contributed by atoms with Crippen molar-refractivity contribution >= 4 is 22.8 Å². The van der Waals surface area contributed by atoms with Gasteiger partial charge in [-0.1, -0.05) is 12.1 Å². The van der Waals surface area contributed by atoms with Crippen LogP contribution in [-0.2, 0) is 6.54 Å². The molecule has 1 aliphatic rings. The monoisotopic (exact) mass is 382 g/mol. The summed E-state index contributed by atoms with van der Waals surface area (Å²) in [4.78, 5) is 20.9. The molecule has 1 N–H and O–H groups in total. The molecule has 0 aliphatic carbocycles. The molecule has 0 spiro atoms. The summed E-state index contributed by atoms with van der Waals surface area (Å²) in [5, 5.41) is 2.76. The normalized spacial score (nSPS) is 15.2. The van der Waals surface area contributed by atoms with Crippen molar-refractivity contribution in [3.8, 4) is 0 Å². The highest BCUT2D eigenvalue weighted by atomic mass is 19.1. The van der Waals surface area contributed by atoms with Gasteiger partial charge >= 0.3 is 6.03 Å². The van der Waals surface area contributed by atoms with Crippen LogP contribution < -0.4 is 5.32 Å². The summed E-state index contributed by atoms with van der Waals surface area (Å²) >= 11 is 0. The van der Waals surface area contributed by atoms with Crippen LogP contribution in [0.2, 0.25) is 0 Å². The average molecular weight is 382 g/mol. The Balaban J connectivity index is 1.32. The van der Waals surface area contributed by atoms with Crippen LogP contribution in [0, 0.1) is 19.7 Å². The molecule has 0 bridgehead atoms. The van der Waals surface area contributed by atoms with Crippen LogP contribution in [0.5, 0.6) is 0 Å². The van der Waals surface area contributed by atoms with E-state index in [9.17, 15) is 9.18 Å². The number of nitrogens with zero attached hydrogens (tertiary/aromatic N) is 3. The van der Waals surface area contributed by atoms with E-state index in [0.717, 1.165) is 29.8 Å². The van der Waals surface area contributed by atoms with Crippen molar-refractivity contribution in [2.75, 3.05) is 31.5 Å². The van der Waals surface area contributed by atoms with Gasteiger partial charge in [0, 0.05) is 31.9 Å². The first kappa shape index (κ1) is 18.4. The molecule has 0 saturated carbocycles. The first-order chi connectivity index (χ1) is 13.5. The van der Waals surface area contributed by atoms with Gasteiger partial charge in [-0.2, -0.15) is 0 Å². The number of anilines is 1. The van der Waals surface area contributed by atoms with Crippen LogP contribution in [0.25, 0.3) is 11.1 Å². The number of hydrogen-bond acceptors (Lipinski definition) is 4. The number of amides is 2. The topological polar surface area (TPSA) is 61.6 Å². The van der Waals surface area contributed by atoms with E-state index in [1.165, 1.54) is 6.07 Å². The maximum Gasteiger partial charge on any atom is 0.321 e. The van der Waals surface area contributed by atoms with Gasteiger partial charge in [0.25, 0.3) is 0 Å². The minimum atomic E-state index is -0.323. The predicted molar refractivity (Wildman–Crippen MR) is 106 cm³/mol. The molecular weight excluding hydrogens is 359 g/mol. The average Bonchev–Trinajstić information content (AvgIpc) is 3.06. The van der Waals surface area contributed by atoms with Gasteiger partial charge in [0.15, 0.2) is 5.58 Å². The first-order valence-corrected chi connectivity index (χ1v) is 9.38. The lowest BCUT2D eigenvalue weighted by Gasteiger charge is -2.34. The second kappa shape index (κ2) is 7.59. The number of fused-ring (bicyclic) bond motifs is 1. The van der Waals surface area contributed by atoms with Crippen LogP contribution in [0.4, 0.5) is 14.9 Å². The number of hydrogen-bond donors (Lipinski definition) is 1. The summed E-state index contributed by atoms with van der Waals surface area (Å²) in [6.07, 6.45) is 0. The van der Waals surface area contributed by atoms with Crippen LogP contribution >= 0.6 is 0 Å². The Morgan fingerprint density at radius 2 is 1.93 bits per heavy atom. The van der Waals surface area contributed by atoms with Gasteiger partial charge in [0.1, 0.15) is 11.3 Å². The third-order valence-corrected chi connectivity index (χ3v) is 5.03. The van der Waals surface area contributed by atoms with Crippen LogP contribution in [0.15, 0.2) is 40.8 Å². The molecule has 6 nitrogen and oxygen atoms in total. The largest absolute Gasteiger partial charge is 0.439 e. The summed E-state index contributed by atoms with van der Waals surface area (Å²) in [6.45, 7) is 6.99.